The van der Waals surface area contributed by atoms with Gasteiger partial charge in [0.05, 0.1) is 17.8 Å². The summed E-state index contributed by atoms with van der Waals surface area (Å²) >= 11 is 5.73. The van der Waals surface area contributed by atoms with Crippen LogP contribution in [0.1, 0.15) is 0 Å². The van der Waals surface area contributed by atoms with Crippen molar-refractivity contribution in [1.29, 1.82) is 0 Å². The van der Waals surface area contributed by atoms with Crippen LogP contribution in [0, 0.1) is 0 Å². The summed E-state index contributed by atoms with van der Waals surface area (Å²) in [4.78, 5) is 0. The lowest BCUT2D eigenvalue weighted by atomic mass is 10.3. The topological polar surface area (TPSA) is 21.3 Å². The number of anilines is 1. The molecule has 0 aliphatic heterocycles. The molecule has 1 N–H and O–H groups in total. The number of ether oxygens (including phenoxy) is 1. The third-order valence-corrected chi connectivity index (χ3v) is 1.97. The molecular weight excluding hydrogens is 231 g/mol. The van der Waals surface area contributed by atoms with E-state index < -0.39 is 12.7 Å². The van der Waals surface area contributed by atoms with E-state index in [9.17, 15) is 13.2 Å². The van der Waals surface area contributed by atoms with E-state index in [1.165, 1.54) is 25.3 Å². The first-order valence-electron chi connectivity index (χ1n) is 4.06. The van der Waals surface area contributed by atoms with Crippen molar-refractivity contribution in [3.63, 3.8) is 0 Å². The largest absolute Gasteiger partial charge is 0.497 e. The summed E-state index contributed by atoms with van der Waals surface area (Å²) in [7, 11) is 1.45. The zero-order valence-electron chi connectivity index (χ0n) is 7.86. The maximum atomic E-state index is 11.9. The molecule has 0 heterocycles. The molecule has 0 saturated heterocycles. The SMILES string of the molecule is COc1ccc(NCC(F)(F)F)c(Cl)c1. The Morgan fingerprint density at radius 3 is 2.53 bits per heavy atom. The summed E-state index contributed by atoms with van der Waals surface area (Å²) in [6.45, 7) is -1.11. The Bertz CT molecular complexity index is 341. The van der Waals surface area contributed by atoms with Crippen LogP contribution in [0.25, 0.3) is 0 Å². The van der Waals surface area contributed by atoms with Gasteiger partial charge in [-0.1, -0.05) is 11.6 Å². The Hall–Kier alpha value is -1.10. The molecule has 0 fully saturated rings. The zero-order valence-corrected chi connectivity index (χ0v) is 8.62. The highest BCUT2D eigenvalue weighted by Gasteiger charge is 2.26. The molecule has 0 bridgehead atoms. The van der Waals surface area contributed by atoms with Crippen molar-refractivity contribution < 1.29 is 17.9 Å². The van der Waals surface area contributed by atoms with Crippen molar-refractivity contribution in [3.05, 3.63) is 23.2 Å². The molecule has 84 valence electrons. The van der Waals surface area contributed by atoms with Crippen molar-refractivity contribution in [2.24, 2.45) is 0 Å². The smallest absolute Gasteiger partial charge is 0.405 e. The molecule has 0 saturated carbocycles. The van der Waals surface area contributed by atoms with Crippen LogP contribution >= 0.6 is 11.6 Å². The number of hydrogen-bond donors (Lipinski definition) is 1. The molecule has 1 aromatic rings. The van der Waals surface area contributed by atoms with Gasteiger partial charge in [0.25, 0.3) is 0 Å². The number of halogens is 4. The summed E-state index contributed by atoms with van der Waals surface area (Å²) < 4.78 is 40.5. The van der Waals surface area contributed by atoms with Gasteiger partial charge >= 0.3 is 6.18 Å². The highest BCUT2D eigenvalue weighted by molar-refractivity contribution is 6.33. The maximum Gasteiger partial charge on any atom is 0.405 e. The predicted octanol–water partition coefficient (Wildman–Crippen LogP) is 3.32. The van der Waals surface area contributed by atoms with E-state index in [1.807, 2.05) is 0 Å². The molecule has 15 heavy (non-hydrogen) atoms. The van der Waals surface area contributed by atoms with Crippen LogP contribution in [-0.4, -0.2) is 19.8 Å². The zero-order chi connectivity index (χ0) is 11.5. The fourth-order valence-corrected chi connectivity index (χ4v) is 1.20. The first-order valence-corrected chi connectivity index (χ1v) is 4.44. The number of alkyl halides is 3. The minimum absolute atomic E-state index is 0.193. The lowest BCUT2D eigenvalue weighted by Gasteiger charge is -2.11. The third kappa shape index (κ3) is 3.87. The van der Waals surface area contributed by atoms with Crippen molar-refractivity contribution in [1.82, 2.24) is 0 Å². The Morgan fingerprint density at radius 2 is 2.07 bits per heavy atom. The number of methoxy groups -OCH3 is 1. The van der Waals surface area contributed by atoms with Crippen LogP contribution in [-0.2, 0) is 0 Å². The predicted molar refractivity (Wildman–Crippen MR) is 52.5 cm³/mol. The molecule has 0 radical (unpaired) electrons. The molecular formula is C9H9ClF3NO. The van der Waals surface area contributed by atoms with E-state index in [0.29, 0.717) is 5.75 Å². The Balaban J connectivity index is 2.70. The average molecular weight is 240 g/mol. The summed E-state index contributed by atoms with van der Waals surface area (Å²) in [5.74, 6) is 0.498. The molecule has 0 atom stereocenters. The molecule has 0 spiro atoms. The number of nitrogens with one attached hydrogen (secondary N) is 1. The van der Waals surface area contributed by atoms with Crippen LogP contribution in [0.3, 0.4) is 0 Å². The molecule has 2 nitrogen and oxygen atoms in total. The van der Waals surface area contributed by atoms with Gasteiger partial charge in [-0.05, 0) is 12.1 Å². The van der Waals surface area contributed by atoms with Crippen LogP contribution < -0.4 is 10.1 Å². The van der Waals surface area contributed by atoms with E-state index in [4.69, 9.17) is 16.3 Å². The molecule has 6 heteroatoms. The quantitative estimate of drug-likeness (QED) is 0.874. The van der Waals surface area contributed by atoms with Gasteiger partial charge in [-0.2, -0.15) is 13.2 Å². The molecule has 0 aromatic heterocycles. The number of rotatable bonds is 3. The Kier molecular flexibility index (Phi) is 3.68. The van der Waals surface area contributed by atoms with Gasteiger partial charge in [0.15, 0.2) is 0 Å². The maximum absolute atomic E-state index is 11.9. The minimum atomic E-state index is -4.26. The van der Waals surface area contributed by atoms with Crippen LogP contribution in [0.2, 0.25) is 5.02 Å². The van der Waals surface area contributed by atoms with E-state index >= 15 is 0 Å². The van der Waals surface area contributed by atoms with Gasteiger partial charge in [0, 0.05) is 6.07 Å². The first-order chi connectivity index (χ1) is 6.92. The summed E-state index contributed by atoms with van der Waals surface area (Å²) in [5.41, 5.74) is 0.231. The van der Waals surface area contributed by atoms with E-state index in [1.54, 1.807) is 0 Å². The van der Waals surface area contributed by atoms with E-state index in [-0.39, 0.29) is 10.7 Å². The highest BCUT2D eigenvalue weighted by atomic mass is 35.5. The van der Waals surface area contributed by atoms with Crippen molar-refractivity contribution in [2.45, 2.75) is 6.18 Å². The summed E-state index contributed by atoms with van der Waals surface area (Å²) in [5, 5.41) is 2.38. The van der Waals surface area contributed by atoms with Gasteiger partial charge in [-0.15, -0.1) is 0 Å². The first kappa shape index (κ1) is 12.0. The number of hydrogen-bond acceptors (Lipinski definition) is 2. The minimum Gasteiger partial charge on any atom is -0.497 e. The van der Waals surface area contributed by atoms with Gasteiger partial charge < -0.3 is 10.1 Å². The van der Waals surface area contributed by atoms with Gasteiger partial charge in [-0.25, -0.2) is 0 Å². The second-order valence-electron chi connectivity index (χ2n) is 2.81. The van der Waals surface area contributed by atoms with Gasteiger partial charge in [0.2, 0.25) is 0 Å². The van der Waals surface area contributed by atoms with Gasteiger partial charge in [0.1, 0.15) is 12.3 Å². The molecule has 0 aliphatic carbocycles. The normalized spacial score (nSPS) is 11.3. The van der Waals surface area contributed by atoms with Crippen LogP contribution in [0.4, 0.5) is 18.9 Å². The molecule has 0 unspecified atom stereocenters. The number of benzene rings is 1. The molecule has 0 amide bonds. The summed E-state index contributed by atoms with van der Waals surface area (Å²) in [6.07, 6.45) is -4.26. The Morgan fingerprint density at radius 1 is 1.40 bits per heavy atom. The van der Waals surface area contributed by atoms with Crippen molar-refractivity contribution in [2.75, 3.05) is 19.0 Å². The van der Waals surface area contributed by atoms with Crippen molar-refractivity contribution >= 4 is 17.3 Å². The second-order valence-corrected chi connectivity index (χ2v) is 3.22. The highest BCUT2D eigenvalue weighted by Crippen LogP contribution is 2.27. The molecule has 1 aromatic carbocycles. The standard InChI is InChI=1S/C9H9ClF3NO/c1-15-6-2-3-8(7(10)4-6)14-5-9(11,12)13/h2-4,14H,5H2,1H3. The fourth-order valence-electron chi connectivity index (χ4n) is 0.962. The lowest BCUT2D eigenvalue weighted by molar-refractivity contribution is -0.115. The van der Waals surface area contributed by atoms with Crippen LogP contribution in [0.15, 0.2) is 18.2 Å². The average Bonchev–Trinajstić information content (AvgIpc) is 2.14. The van der Waals surface area contributed by atoms with Crippen molar-refractivity contribution in [3.8, 4) is 5.75 Å². The van der Waals surface area contributed by atoms with Crippen LogP contribution in [0.5, 0.6) is 5.75 Å². The fraction of sp³-hybridized carbons (Fsp3) is 0.333. The molecule has 1 rings (SSSR count). The monoisotopic (exact) mass is 239 g/mol. The van der Waals surface area contributed by atoms with Gasteiger partial charge in [-0.3, -0.25) is 0 Å². The lowest BCUT2D eigenvalue weighted by Crippen LogP contribution is -2.21. The molecule has 0 aliphatic rings. The third-order valence-electron chi connectivity index (χ3n) is 1.66. The second kappa shape index (κ2) is 4.61. The Labute approximate surface area is 90.0 Å². The summed E-state index contributed by atoms with van der Waals surface area (Å²) in [6, 6.07) is 4.41. The van der Waals surface area contributed by atoms with E-state index in [2.05, 4.69) is 5.32 Å². The van der Waals surface area contributed by atoms with E-state index in [0.717, 1.165) is 0 Å².